The molecule has 64 valence electrons. The van der Waals surface area contributed by atoms with Crippen molar-refractivity contribution in [2.75, 3.05) is 6.61 Å². The highest BCUT2D eigenvalue weighted by Crippen LogP contribution is 2.21. The van der Waals surface area contributed by atoms with E-state index in [0.717, 1.165) is 12.8 Å². The summed E-state index contributed by atoms with van der Waals surface area (Å²) in [5.41, 5.74) is 5.69. The zero-order chi connectivity index (χ0) is 8.32. The lowest BCUT2D eigenvalue weighted by molar-refractivity contribution is 0.0630. The minimum Gasteiger partial charge on any atom is -0.353 e. The Labute approximate surface area is 66.1 Å². The Hall–Kier alpha value is -0.480. The minimum atomic E-state index is -0.472. The van der Waals surface area contributed by atoms with E-state index in [9.17, 15) is 4.91 Å². The molecular weight excluding hydrogens is 144 g/mol. The van der Waals surface area contributed by atoms with E-state index in [1.165, 1.54) is 0 Å². The average molecular weight is 158 g/mol. The van der Waals surface area contributed by atoms with Gasteiger partial charge in [-0.3, -0.25) is 0 Å². The third kappa shape index (κ3) is 2.55. The van der Waals surface area contributed by atoms with Crippen LogP contribution in [0.1, 0.15) is 26.2 Å². The maximum Gasteiger partial charge on any atom is 0.189 e. The molecular formula is C7H14N2O2. The topological polar surface area (TPSA) is 64.7 Å². The quantitative estimate of drug-likeness (QED) is 0.579. The predicted octanol–water partition coefficient (Wildman–Crippen LogP) is 0.997. The van der Waals surface area contributed by atoms with Crippen LogP contribution in [0, 0.1) is 4.91 Å². The van der Waals surface area contributed by atoms with Crippen molar-refractivity contribution >= 4 is 0 Å². The molecule has 0 radical (unpaired) electrons. The van der Waals surface area contributed by atoms with Gasteiger partial charge in [0.05, 0.1) is 6.61 Å². The molecule has 2 atom stereocenters. The summed E-state index contributed by atoms with van der Waals surface area (Å²) in [7, 11) is 0. The lowest BCUT2D eigenvalue weighted by atomic mass is 9.94. The lowest BCUT2D eigenvalue weighted by Crippen LogP contribution is -2.35. The van der Waals surface area contributed by atoms with Crippen LogP contribution in [0.15, 0.2) is 5.18 Å². The van der Waals surface area contributed by atoms with Crippen LogP contribution in [0.5, 0.6) is 0 Å². The molecule has 0 amide bonds. The molecule has 11 heavy (non-hydrogen) atoms. The van der Waals surface area contributed by atoms with E-state index in [-0.39, 0.29) is 5.54 Å². The van der Waals surface area contributed by atoms with Gasteiger partial charge in [0.1, 0.15) is 0 Å². The molecule has 0 aromatic rings. The molecule has 4 nitrogen and oxygen atoms in total. The molecule has 1 fully saturated rings. The first-order chi connectivity index (χ1) is 5.14. The molecule has 0 aromatic carbocycles. The number of hydrogen-bond donors (Lipinski definition) is 1. The molecule has 0 aromatic heterocycles. The smallest absolute Gasteiger partial charge is 0.189 e. The van der Waals surface area contributed by atoms with E-state index in [4.69, 9.17) is 10.5 Å². The van der Waals surface area contributed by atoms with Gasteiger partial charge in [-0.1, -0.05) is 0 Å². The van der Waals surface area contributed by atoms with Gasteiger partial charge in [-0.25, -0.2) is 0 Å². The van der Waals surface area contributed by atoms with Crippen LogP contribution in [0.2, 0.25) is 0 Å². The van der Waals surface area contributed by atoms with Crippen molar-refractivity contribution in [3.8, 4) is 0 Å². The van der Waals surface area contributed by atoms with Gasteiger partial charge in [0, 0.05) is 5.54 Å². The average Bonchev–Trinajstić information content (AvgIpc) is 2.10. The van der Waals surface area contributed by atoms with Gasteiger partial charge in [-0.05, 0) is 31.4 Å². The number of nitrogens with zero attached hydrogens (tertiary/aromatic N) is 1. The maximum atomic E-state index is 10.1. The van der Waals surface area contributed by atoms with Gasteiger partial charge in [0.2, 0.25) is 0 Å². The Bertz CT molecular complexity index is 147. The van der Waals surface area contributed by atoms with Gasteiger partial charge < -0.3 is 10.5 Å². The molecule has 1 rings (SSSR count). The Morgan fingerprint density at radius 2 is 2.36 bits per heavy atom. The molecule has 0 aliphatic carbocycles. The highest BCUT2D eigenvalue weighted by molar-refractivity contribution is 4.81. The molecule has 1 aliphatic rings. The van der Waals surface area contributed by atoms with E-state index in [1.807, 2.05) is 6.92 Å². The van der Waals surface area contributed by atoms with Crippen molar-refractivity contribution in [2.24, 2.45) is 10.9 Å². The summed E-state index contributed by atoms with van der Waals surface area (Å²) in [5, 5.41) is 2.85. The summed E-state index contributed by atoms with van der Waals surface area (Å²) in [6.45, 7) is 2.52. The molecule has 1 saturated heterocycles. The largest absolute Gasteiger partial charge is 0.353 e. The molecule has 2 N–H and O–H groups in total. The summed E-state index contributed by atoms with van der Waals surface area (Å²) in [4.78, 5) is 10.1. The SMILES string of the molecule is CC1(N)CCOC(N=O)CC1. The van der Waals surface area contributed by atoms with Crippen molar-refractivity contribution in [3.63, 3.8) is 0 Å². The number of rotatable bonds is 1. The van der Waals surface area contributed by atoms with Crippen molar-refractivity contribution in [2.45, 2.75) is 38.0 Å². The highest BCUT2D eigenvalue weighted by Gasteiger charge is 2.25. The summed E-state index contributed by atoms with van der Waals surface area (Å²) in [6.07, 6.45) is 1.79. The van der Waals surface area contributed by atoms with Gasteiger partial charge in [0.25, 0.3) is 0 Å². The fourth-order valence-corrected chi connectivity index (χ4v) is 1.17. The van der Waals surface area contributed by atoms with Gasteiger partial charge >= 0.3 is 0 Å². The first-order valence-electron chi connectivity index (χ1n) is 3.87. The van der Waals surface area contributed by atoms with E-state index in [1.54, 1.807) is 0 Å². The molecule has 2 unspecified atom stereocenters. The molecule has 0 spiro atoms. The minimum absolute atomic E-state index is 0.181. The maximum absolute atomic E-state index is 10.1. The molecule has 1 heterocycles. The Balaban J connectivity index is 2.45. The fraction of sp³-hybridized carbons (Fsp3) is 1.00. The van der Waals surface area contributed by atoms with Gasteiger partial charge in [0.15, 0.2) is 6.23 Å². The van der Waals surface area contributed by atoms with E-state index in [0.29, 0.717) is 13.0 Å². The van der Waals surface area contributed by atoms with Crippen LogP contribution >= 0.6 is 0 Å². The van der Waals surface area contributed by atoms with Crippen LogP contribution in [0.3, 0.4) is 0 Å². The predicted molar refractivity (Wildman–Crippen MR) is 42.0 cm³/mol. The van der Waals surface area contributed by atoms with Crippen molar-refractivity contribution in [1.82, 2.24) is 0 Å². The van der Waals surface area contributed by atoms with Crippen LogP contribution in [-0.4, -0.2) is 18.4 Å². The van der Waals surface area contributed by atoms with Crippen molar-refractivity contribution in [1.29, 1.82) is 0 Å². The summed E-state index contributed by atoms with van der Waals surface area (Å²) >= 11 is 0. The Morgan fingerprint density at radius 1 is 1.64 bits per heavy atom. The molecule has 0 saturated carbocycles. The third-order valence-corrected chi connectivity index (χ3v) is 2.06. The normalized spacial score (nSPS) is 39.6. The van der Waals surface area contributed by atoms with E-state index in [2.05, 4.69) is 5.18 Å². The first kappa shape index (κ1) is 8.62. The second kappa shape index (κ2) is 3.28. The number of hydrogen-bond acceptors (Lipinski definition) is 4. The summed E-state index contributed by atoms with van der Waals surface area (Å²) < 4.78 is 5.13. The van der Waals surface area contributed by atoms with Crippen molar-refractivity contribution < 1.29 is 4.74 Å². The van der Waals surface area contributed by atoms with Crippen LogP contribution in [-0.2, 0) is 4.74 Å². The summed E-state index contributed by atoms with van der Waals surface area (Å²) in [6, 6.07) is 0. The monoisotopic (exact) mass is 158 g/mol. The van der Waals surface area contributed by atoms with Crippen LogP contribution < -0.4 is 5.73 Å². The zero-order valence-electron chi connectivity index (χ0n) is 6.75. The zero-order valence-corrected chi connectivity index (χ0v) is 6.75. The molecule has 4 heteroatoms. The third-order valence-electron chi connectivity index (χ3n) is 2.06. The van der Waals surface area contributed by atoms with Crippen LogP contribution in [0.25, 0.3) is 0 Å². The number of nitroso groups, excluding NO2 is 1. The second-order valence-corrected chi connectivity index (χ2v) is 3.37. The Morgan fingerprint density at radius 3 is 3.00 bits per heavy atom. The fourth-order valence-electron chi connectivity index (χ4n) is 1.17. The second-order valence-electron chi connectivity index (χ2n) is 3.37. The summed E-state index contributed by atoms with van der Waals surface area (Å²) in [5.74, 6) is 0. The molecule has 1 aliphatic heterocycles. The number of nitrogens with two attached hydrogens (primary N) is 1. The highest BCUT2D eigenvalue weighted by atomic mass is 16.5. The van der Waals surface area contributed by atoms with E-state index >= 15 is 0 Å². The Kier molecular flexibility index (Phi) is 2.57. The van der Waals surface area contributed by atoms with Gasteiger partial charge in [-0.15, -0.1) is 4.91 Å². The van der Waals surface area contributed by atoms with Crippen molar-refractivity contribution in [3.05, 3.63) is 4.91 Å². The molecule has 0 bridgehead atoms. The van der Waals surface area contributed by atoms with Crippen LogP contribution in [0.4, 0.5) is 0 Å². The standard InChI is InChI=1S/C7H14N2O2/c1-7(8)3-2-6(9-10)11-5-4-7/h6H,2-5,8H2,1H3. The lowest BCUT2D eigenvalue weighted by Gasteiger charge is -2.20. The van der Waals surface area contributed by atoms with E-state index < -0.39 is 6.23 Å². The first-order valence-corrected chi connectivity index (χ1v) is 3.87. The van der Waals surface area contributed by atoms with Gasteiger partial charge in [-0.2, -0.15) is 0 Å². The number of ether oxygens (including phenoxy) is 1.